The number of aromatic nitrogens is 2. The van der Waals surface area contributed by atoms with Gasteiger partial charge in [0.15, 0.2) is 0 Å². The number of aryl methyl sites for hydroxylation is 1. The average molecular weight is 347 g/mol. The first-order chi connectivity index (χ1) is 11.4. The first kappa shape index (κ1) is 17.1. The lowest BCUT2D eigenvalue weighted by molar-refractivity contribution is 0.0734. The molecule has 1 amide bonds. The number of carbonyl (C=O) groups excluding carboxylic acids is 1. The maximum atomic E-state index is 13.1. The Bertz CT molecular complexity index is 732. The van der Waals surface area contributed by atoms with Crippen molar-refractivity contribution in [2.24, 2.45) is 0 Å². The molecule has 0 saturated carbocycles. The molecule has 130 valence electrons. The van der Waals surface area contributed by atoms with Crippen molar-refractivity contribution in [3.05, 3.63) is 33.1 Å². The molecule has 1 saturated heterocycles. The molecule has 1 aliphatic heterocycles. The van der Waals surface area contributed by atoms with Gasteiger partial charge in [0.05, 0.1) is 16.7 Å². The highest BCUT2D eigenvalue weighted by Gasteiger charge is 2.34. The Morgan fingerprint density at radius 3 is 2.67 bits per heavy atom. The lowest BCUT2D eigenvalue weighted by Gasteiger charge is -2.22. The normalized spacial score (nSPS) is 18.1. The molecule has 0 spiro atoms. The number of likely N-dealkylation sites (tertiary alicyclic amines) is 1. The van der Waals surface area contributed by atoms with E-state index in [-0.39, 0.29) is 11.9 Å². The Kier molecular flexibility index (Phi) is 4.76. The van der Waals surface area contributed by atoms with Gasteiger partial charge in [-0.15, -0.1) is 11.3 Å². The zero-order valence-corrected chi connectivity index (χ0v) is 15.8. The molecule has 1 aliphatic rings. The highest BCUT2D eigenvalue weighted by molar-refractivity contribution is 7.13. The van der Waals surface area contributed by atoms with E-state index in [0.717, 1.165) is 46.4 Å². The monoisotopic (exact) mass is 347 g/mol. The summed E-state index contributed by atoms with van der Waals surface area (Å²) >= 11 is 1.52. The number of carbonyl (C=O) groups is 1. The quantitative estimate of drug-likeness (QED) is 0.807. The standard InChI is InChI=1S/C18H25N3O2S/c1-10(2)15-9-13(20-23-15)14-7-6-8-21(14)18(22)16-12(5)19-17(24-16)11(3)4/h9-11,14H,6-8H2,1-5H3/t14-/m1/s1. The van der Waals surface area contributed by atoms with E-state index in [2.05, 4.69) is 37.8 Å². The molecule has 3 rings (SSSR count). The zero-order valence-electron chi connectivity index (χ0n) is 15.0. The van der Waals surface area contributed by atoms with Crippen molar-refractivity contribution in [1.82, 2.24) is 15.0 Å². The predicted octanol–water partition coefficient (Wildman–Crippen LogP) is 4.66. The van der Waals surface area contributed by atoms with E-state index in [1.165, 1.54) is 11.3 Å². The number of rotatable bonds is 4. The van der Waals surface area contributed by atoms with Gasteiger partial charge in [-0.05, 0) is 19.8 Å². The molecule has 0 N–H and O–H groups in total. The van der Waals surface area contributed by atoms with Gasteiger partial charge in [0.2, 0.25) is 0 Å². The maximum Gasteiger partial charge on any atom is 0.266 e. The Labute approximate surface area is 147 Å². The van der Waals surface area contributed by atoms with Gasteiger partial charge >= 0.3 is 0 Å². The van der Waals surface area contributed by atoms with Crippen molar-refractivity contribution in [3.63, 3.8) is 0 Å². The highest BCUT2D eigenvalue weighted by atomic mass is 32.1. The van der Waals surface area contributed by atoms with Gasteiger partial charge in [-0.25, -0.2) is 4.98 Å². The molecule has 1 atom stereocenters. The van der Waals surface area contributed by atoms with Crippen LogP contribution in [0.15, 0.2) is 10.6 Å². The molecule has 1 fully saturated rings. The number of nitrogens with zero attached hydrogens (tertiary/aromatic N) is 3. The summed E-state index contributed by atoms with van der Waals surface area (Å²) in [6.07, 6.45) is 1.93. The van der Waals surface area contributed by atoms with Crippen molar-refractivity contribution < 1.29 is 9.32 Å². The topological polar surface area (TPSA) is 59.2 Å². The molecule has 5 nitrogen and oxygen atoms in total. The largest absolute Gasteiger partial charge is 0.361 e. The van der Waals surface area contributed by atoms with Crippen LogP contribution in [-0.4, -0.2) is 27.5 Å². The van der Waals surface area contributed by atoms with Gasteiger partial charge in [0, 0.05) is 24.4 Å². The summed E-state index contributed by atoms with van der Waals surface area (Å²) in [5.41, 5.74) is 1.71. The second-order valence-corrected chi connectivity index (χ2v) is 8.12. The minimum atomic E-state index is 0.0118. The second kappa shape index (κ2) is 6.67. The van der Waals surface area contributed by atoms with Gasteiger partial charge < -0.3 is 9.42 Å². The van der Waals surface area contributed by atoms with Crippen molar-refractivity contribution >= 4 is 17.2 Å². The molecule has 24 heavy (non-hydrogen) atoms. The number of hydrogen-bond acceptors (Lipinski definition) is 5. The van der Waals surface area contributed by atoms with Gasteiger partial charge in [0.1, 0.15) is 16.3 Å². The Hall–Kier alpha value is -1.69. The molecule has 0 aromatic carbocycles. The summed E-state index contributed by atoms with van der Waals surface area (Å²) in [5.74, 6) is 1.59. The number of amides is 1. The predicted molar refractivity (Wildman–Crippen MR) is 94.5 cm³/mol. The maximum absolute atomic E-state index is 13.1. The Balaban J connectivity index is 1.85. The van der Waals surface area contributed by atoms with Crippen LogP contribution >= 0.6 is 11.3 Å². The second-order valence-electron chi connectivity index (χ2n) is 7.09. The minimum absolute atomic E-state index is 0.0118. The van der Waals surface area contributed by atoms with Crippen LogP contribution in [0, 0.1) is 6.92 Å². The van der Waals surface area contributed by atoms with Crippen LogP contribution in [0.4, 0.5) is 0 Å². The van der Waals surface area contributed by atoms with E-state index in [4.69, 9.17) is 4.52 Å². The lowest BCUT2D eigenvalue weighted by atomic mass is 10.1. The third-order valence-electron chi connectivity index (χ3n) is 4.47. The van der Waals surface area contributed by atoms with Crippen LogP contribution in [0.5, 0.6) is 0 Å². The van der Waals surface area contributed by atoms with Crippen molar-refractivity contribution in [2.75, 3.05) is 6.54 Å². The van der Waals surface area contributed by atoms with Gasteiger partial charge in [0.25, 0.3) is 5.91 Å². The fraction of sp³-hybridized carbons (Fsp3) is 0.611. The molecule has 2 aromatic heterocycles. The Morgan fingerprint density at radius 1 is 1.33 bits per heavy atom. The highest BCUT2D eigenvalue weighted by Crippen LogP contribution is 2.35. The summed E-state index contributed by atoms with van der Waals surface area (Å²) in [4.78, 5) is 20.3. The smallest absolute Gasteiger partial charge is 0.266 e. The molecular weight excluding hydrogens is 322 g/mol. The summed E-state index contributed by atoms with van der Waals surface area (Å²) in [5, 5.41) is 5.24. The fourth-order valence-corrected chi connectivity index (χ4v) is 4.07. The van der Waals surface area contributed by atoms with E-state index in [1.807, 2.05) is 17.9 Å². The van der Waals surface area contributed by atoms with E-state index >= 15 is 0 Å². The third-order valence-corrected chi connectivity index (χ3v) is 5.92. The average Bonchev–Trinajstić information content (AvgIpc) is 3.24. The first-order valence-corrected chi connectivity index (χ1v) is 9.45. The van der Waals surface area contributed by atoms with E-state index < -0.39 is 0 Å². The van der Waals surface area contributed by atoms with Crippen molar-refractivity contribution in [1.29, 1.82) is 0 Å². The van der Waals surface area contributed by atoms with Crippen LogP contribution < -0.4 is 0 Å². The zero-order chi connectivity index (χ0) is 17.4. The van der Waals surface area contributed by atoms with Crippen LogP contribution in [0.2, 0.25) is 0 Å². The molecular formula is C18H25N3O2S. The number of thiazole rings is 1. The van der Waals surface area contributed by atoms with E-state index in [9.17, 15) is 4.79 Å². The van der Waals surface area contributed by atoms with E-state index in [0.29, 0.717) is 11.8 Å². The summed E-state index contributed by atoms with van der Waals surface area (Å²) in [6.45, 7) is 11.1. The minimum Gasteiger partial charge on any atom is -0.361 e. The molecule has 3 heterocycles. The molecule has 0 unspecified atom stereocenters. The van der Waals surface area contributed by atoms with Crippen LogP contribution in [0.3, 0.4) is 0 Å². The SMILES string of the molecule is Cc1nc(C(C)C)sc1C(=O)N1CCC[C@@H]1c1cc(C(C)C)on1. The van der Waals surface area contributed by atoms with Gasteiger partial charge in [-0.3, -0.25) is 4.79 Å². The number of hydrogen-bond donors (Lipinski definition) is 0. The molecule has 0 aliphatic carbocycles. The third kappa shape index (κ3) is 3.11. The summed E-state index contributed by atoms with van der Waals surface area (Å²) in [6, 6.07) is 2.01. The lowest BCUT2D eigenvalue weighted by Crippen LogP contribution is -2.30. The molecule has 2 aromatic rings. The van der Waals surface area contributed by atoms with Crippen LogP contribution in [0.25, 0.3) is 0 Å². The van der Waals surface area contributed by atoms with Crippen LogP contribution in [0.1, 0.15) is 90.2 Å². The van der Waals surface area contributed by atoms with Crippen molar-refractivity contribution in [2.45, 2.75) is 65.3 Å². The summed E-state index contributed by atoms with van der Waals surface area (Å²) in [7, 11) is 0. The summed E-state index contributed by atoms with van der Waals surface area (Å²) < 4.78 is 5.43. The van der Waals surface area contributed by atoms with E-state index in [1.54, 1.807) is 0 Å². The first-order valence-electron chi connectivity index (χ1n) is 8.63. The molecule has 6 heteroatoms. The fourth-order valence-electron chi connectivity index (χ4n) is 3.04. The van der Waals surface area contributed by atoms with Crippen LogP contribution in [-0.2, 0) is 0 Å². The van der Waals surface area contributed by atoms with Gasteiger partial charge in [-0.1, -0.05) is 32.9 Å². The molecule has 0 radical (unpaired) electrons. The Morgan fingerprint density at radius 2 is 2.08 bits per heavy atom. The van der Waals surface area contributed by atoms with Gasteiger partial charge in [-0.2, -0.15) is 0 Å². The van der Waals surface area contributed by atoms with Crippen molar-refractivity contribution in [3.8, 4) is 0 Å². The molecule has 0 bridgehead atoms.